The van der Waals surface area contributed by atoms with Gasteiger partial charge in [-0.3, -0.25) is 4.79 Å². The van der Waals surface area contributed by atoms with E-state index in [1.165, 1.54) is 6.42 Å². The van der Waals surface area contributed by atoms with Gasteiger partial charge in [0.05, 0.1) is 0 Å². The minimum Gasteiger partial charge on any atom is -0.338 e. The van der Waals surface area contributed by atoms with E-state index in [4.69, 9.17) is 5.26 Å². The van der Waals surface area contributed by atoms with Crippen molar-refractivity contribution >= 4 is 5.91 Å². The Bertz CT molecular complexity index is 317. The number of carbonyl (C=O) groups is 1. The zero-order valence-electron chi connectivity index (χ0n) is 8.91. The number of allylic oxidation sites excluding steroid dienone is 1. The second-order valence-electron chi connectivity index (χ2n) is 4.38. The van der Waals surface area contributed by atoms with Crippen LogP contribution in [0.5, 0.6) is 0 Å². The van der Waals surface area contributed by atoms with Gasteiger partial charge in [0.1, 0.15) is 11.6 Å². The fourth-order valence-corrected chi connectivity index (χ4v) is 1.92. The van der Waals surface area contributed by atoms with E-state index in [2.05, 4.69) is 0 Å². The summed E-state index contributed by atoms with van der Waals surface area (Å²) in [6.07, 6.45) is 7.49. The van der Waals surface area contributed by atoms with Crippen LogP contribution >= 0.6 is 0 Å². The van der Waals surface area contributed by atoms with Gasteiger partial charge in [0.2, 0.25) is 0 Å². The number of carbonyl (C=O) groups excluding carboxylic acids is 1. The van der Waals surface area contributed by atoms with Crippen LogP contribution in [-0.2, 0) is 4.79 Å². The summed E-state index contributed by atoms with van der Waals surface area (Å²) in [5, 5.41) is 8.94. The van der Waals surface area contributed by atoms with Crippen LogP contribution in [0.25, 0.3) is 0 Å². The third kappa shape index (κ3) is 2.59. The van der Waals surface area contributed by atoms with E-state index in [0.717, 1.165) is 38.8 Å². The first kappa shape index (κ1) is 10.2. The summed E-state index contributed by atoms with van der Waals surface area (Å²) in [6, 6.07) is 2.04. The Labute approximate surface area is 90.4 Å². The summed E-state index contributed by atoms with van der Waals surface area (Å²) in [5.41, 5.74) is 0.361. The molecule has 2 aliphatic rings. The molecule has 2 rings (SSSR count). The standard InChI is InChI=1S/C12H16N2O/c13-9-11(8-10-4-5-10)12(15)14-6-2-1-3-7-14/h8,10H,1-7H2/b11-8+. The van der Waals surface area contributed by atoms with E-state index in [1.807, 2.05) is 17.0 Å². The lowest BCUT2D eigenvalue weighted by molar-refractivity contribution is -0.127. The summed E-state index contributed by atoms with van der Waals surface area (Å²) in [7, 11) is 0. The molecule has 3 nitrogen and oxygen atoms in total. The van der Waals surface area contributed by atoms with Crippen molar-refractivity contribution in [1.29, 1.82) is 5.26 Å². The number of hydrogen-bond donors (Lipinski definition) is 0. The summed E-state index contributed by atoms with van der Waals surface area (Å²) in [5.74, 6) is 0.442. The SMILES string of the molecule is N#C/C(=C\C1CC1)C(=O)N1CCCCC1. The summed E-state index contributed by atoms with van der Waals surface area (Å²) in [4.78, 5) is 13.7. The quantitative estimate of drug-likeness (QED) is 0.509. The van der Waals surface area contributed by atoms with Gasteiger partial charge in [-0.15, -0.1) is 0 Å². The number of piperidine rings is 1. The molecule has 1 saturated carbocycles. The molecule has 2 fully saturated rings. The van der Waals surface area contributed by atoms with Crippen molar-refractivity contribution in [2.45, 2.75) is 32.1 Å². The summed E-state index contributed by atoms with van der Waals surface area (Å²) < 4.78 is 0. The molecule has 15 heavy (non-hydrogen) atoms. The van der Waals surface area contributed by atoms with Gasteiger partial charge in [0.15, 0.2) is 0 Å². The first-order valence-electron chi connectivity index (χ1n) is 5.72. The van der Waals surface area contributed by atoms with Crippen LogP contribution in [0.1, 0.15) is 32.1 Å². The maximum Gasteiger partial charge on any atom is 0.264 e. The highest BCUT2D eigenvalue weighted by Crippen LogP contribution is 2.31. The normalized spacial score (nSPS) is 22.3. The molecule has 1 amide bonds. The van der Waals surface area contributed by atoms with Crippen LogP contribution in [0.4, 0.5) is 0 Å². The number of rotatable bonds is 2. The number of nitrogens with zero attached hydrogens (tertiary/aromatic N) is 2. The lowest BCUT2D eigenvalue weighted by Crippen LogP contribution is -2.36. The lowest BCUT2D eigenvalue weighted by Gasteiger charge is -2.26. The van der Waals surface area contributed by atoms with E-state index in [1.54, 1.807) is 0 Å². The van der Waals surface area contributed by atoms with E-state index in [9.17, 15) is 4.79 Å². The Morgan fingerprint density at radius 3 is 2.47 bits per heavy atom. The van der Waals surface area contributed by atoms with Gasteiger partial charge in [0.25, 0.3) is 5.91 Å². The van der Waals surface area contributed by atoms with Crippen LogP contribution in [-0.4, -0.2) is 23.9 Å². The fourth-order valence-electron chi connectivity index (χ4n) is 1.92. The van der Waals surface area contributed by atoms with Crippen molar-refractivity contribution in [3.8, 4) is 6.07 Å². The fraction of sp³-hybridized carbons (Fsp3) is 0.667. The maximum absolute atomic E-state index is 11.9. The minimum absolute atomic E-state index is 0.0518. The predicted octanol–water partition coefficient (Wildman–Crippen LogP) is 1.86. The van der Waals surface area contributed by atoms with Gasteiger partial charge >= 0.3 is 0 Å². The van der Waals surface area contributed by atoms with Crippen LogP contribution in [0, 0.1) is 17.2 Å². The first-order chi connectivity index (χ1) is 7.31. The molecule has 0 bridgehead atoms. The third-order valence-electron chi connectivity index (χ3n) is 3.02. The second kappa shape index (κ2) is 4.48. The van der Waals surface area contributed by atoms with Gasteiger partial charge in [-0.05, 0) is 38.0 Å². The molecule has 0 radical (unpaired) electrons. The van der Waals surface area contributed by atoms with Crippen molar-refractivity contribution in [1.82, 2.24) is 4.90 Å². The van der Waals surface area contributed by atoms with Crippen LogP contribution in [0.15, 0.2) is 11.6 Å². The van der Waals surface area contributed by atoms with Crippen molar-refractivity contribution in [2.24, 2.45) is 5.92 Å². The minimum atomic E-state index is -0.0518. The molecular formula is C12H16N2O. The highest BCUT2D eigenvalue weighted by molar-refractivity contribution is 5.97. The zero-order valence-corrected chi connectivity index (χ0v) is 8.91. The van der Waals surface area contributed by atoms with E-state index >= 15 is 0 Å². The smallest absolute Gasteiger partial charge is 0.264 e. The maximum atomic E-state index is 11.9. The predicted molar refractivity (Wildman–Crippen MR) is 56.9 cm³/mol. The largest absolute Gasteiger partial charge is 0.338 e. The van der Waals surface area contributed by atoms with E-state index in [0.29, 0.717) is 11.5 Å². The zero-order chi connectivity index (χ0) is 10.7. The Morgan fingerprint density at radius 1 is 1.27 bits per heavy atom. The van der Waals surface area contributed by atoms with E-state index in [-0.39, 0.29) is 5.91 Å². The van der Waals surface area contributed by atoms with Crippen LogP contribution in [0.2, 0.25) is 0 Å². The molecule has 1 heterocycles. The molecule has 1 aliphatic carbocycles. The summed E-state index contributed by atoms with van der Waals surface area (Å²) >= 11 is 0. The topological polar surface area (TPSA) is 44.1 Å². The Kier molecular flexibility index (Phi) is 3.05. The van der Waals surface area contributed by atoms with Crippen molar-refractivity contribution < 1.29 is 4.79 Å². The Hall–Kier alpha value is -1.30. The van der Waals surface area contributed by atoms with Crippen molar-refractivity contribution in [2.75, 3.05) is 13.1 Å². The molecule has 0 unspecified atom stereocenters. The van der Waals surface area contributed by atoms with Gasteiger partial charge in [-0.25, -0.2) is 0 Å². The van der Waals surface area contributed by atoms with Gasteiger partial charge in [-0.2, -0.15) is 5.26 Å². The molecule has 0 aromatic heterocycles. The molecular weight excluding hydrogens is 188 g/mol. The number of nitriles is 1. The molecule has 0 aromatic rings. The monoisotopic (exact) mass is 204 g/mol. The Morgan fingerprint density at radius 2 is 1.93 bits per heavy atom. The van der Waals surface area contributed by atoms with Gasteiger partial charge in [-0.1, -0.05) is 6.08 Å². The van der Waals surface area contributed by atoms with Crippen molar-refractivity contribution in [3.05, 3.63) is 11.6 Å². The van der Waals surface area contributed by atoms with Gasteiger partial charge < -0.3 is 4.90 Å². The van der Waals surface area contributed by atoms with Crippen LogP contribution < -0.4 is 0 Å². The molecule has 80 valence electrons. The lowest BCUT2D eigenvalue weighted by atomic mass is 10.1. The number of likely N-dealkylation sites (tertiary alicyclic amines) is 1. The Balaban J connectivity index is 2.00. The molecule has 0 spiro atoms. The molecule has 1 aliphatic heterocycles. The number of amides is 1. The average Bonchev–Trinajstić information content (AvgIpc) is 3.10. The first-order valence-corrected chi connectivity index (χ1v) is 5.72. The molecule has 0 atom stereocenters. The highest BCUT2D eigenvalue weighted by Gasteiger charge is 2.24. The average molecular weight is 204 g/mol. The van der Waals surface area contributed by atoms with Gasteiger partial charge in [0, 0.05) is 13.1 Å². The highest BCUT2D eigenvalue weighted by atomic mass is 16.2. The third-order valence-corrected chi connectivity index (χ3v) is 3.02. The van der Waals surface area contributed by atoms with Crippen molar-refractivity contribution in [3.63, 3.8) is 0 Å². The summed E-state index contributed by atoms with van der Waals surface area (Å²) in [6.45, 7) is 1.64. The molecule has 3 heteroatoms. The second-order valence-corrected chi connectivity index (χ2v) is 4.38. The van der Waals surface area contributed by atoms with E-state index < -0.39 is 0 Å². The number of hydrogen-bond acceptors (Lipinski definition) is 2. The van der Waals surface area contributed by atoms with Crippen LogP contribution in [0.3, 0.4) is 0 Å². The molecule has 0 N–H and O–H groups in total. The molecule has 1 saturated heterocycles. The molecule has 0 aromatic carbocycles.